The van der Waals surface area contributed by atoms with Crippen molar-refractivity contribution in [2.45, 2.75) is 58.7 Å². The van der Waals surface area contributed by atoms with Gasteiger partial charge in [0.15, 0.2) is 0 Å². The van der Waals surface area contributed by atoms with Gasteiger partial charge in [-0.15, -0.1) is 0 Å². The fourth-order valence-corrected chi connectivity index (χ4v) is 3.77. The predicted octanol–water partition coefficient (Wildman–Crippen LogP) is 5.66. The summed E-state index contributed by atoms with van der Waals surface area (Å²) in [6, 6.07) is 4.47. The molecule has 0 aromatic heterocycles. The Morgan fingerprint density at radius 2 is 1.68 bits per heavy atom. The molecular formula is C25H31F3N2O4. The molecule has 0 bridgehead atoms. The maximum absolute atomic E-state index is 12.9. The van der Waals surface area contributed by atoms with Gasteiger partial charge in [-0.2, -0.15) is 13.2 Å². The van der Waals surface area contributed by atoms with Gasteiger partial charge in [-0.1, -0.05) is 13.0 Å². The smallest absolute Gasteiger partial charge is 0.416 e. The van der Waals surface area contributed by atoms with Gasteiger partial charge in [-0.3, -0.25) is 4.79 Å². The van der Waals surface area contributed by atoms with E-state index in [4.69, 9.17) is 9.47 Å². The van der Waals surface area contributed by atoms with Crippen LogP contribution in [-0.4, -0.2) is 35.6 Å². The van der Waals surface area contributed by atoms with E-state index in [9.17, 15) is 22.8 Å². The average Bonchev–Trinajstić information content (AvgIpc) is 2.74. The normalized spacial score (nSPS) is 19.7. The van der Waals surface area contributed by atoms with Crippen molar-refractivity contribution >= 4 is 12.0 Å². The first-order chi connectivity index (χ1) is 15.8. The third-order valence-electron chi connectivity index (χ3n) is 5.60. The van der Waals surface area contributed by atoms with Crippen LogP contribution in [-0.2, 0) is 15.7 Å². The average molecular weight is 481 g/mol. The molecule has 1 unspecified atom stereocenters. The quantitative estimate of drug-likeness (QED) is 0.604. The van der Waals surface area contributed by atoms with E-state index in [-0.39, 0.29) is 29.6 Å². The first kappa shape index (κ1) is 25.6. The molecule has 3 rings (SSSR count). The Hall–Kier alpha value is -2.97. The maximum atomic E-state index is 12.9. The van der Waals surface area contributed by atoms with E-state index in [1.165, 1.54) is 12.1 Å². The maximum Gasteiger partial charge on any atom is 0.416 e. The topological polar surface area (TPSA) is 67.9 Å². The zero-order valence-corrected chi connectivity index (χ0v) is 19.9. The molecule has 1 heterocycles. The molecule has 34 heavy (non-hydrogen) atoms. The lowest BCUT2D eigenvalue weighted by Crippen LogP contribution is -2.44. The number of benzene rings is 1. The summed E-state index contributed by atoms with van der Waals surface area (Å²) in [6.07, 6.45) is 0.427. The highest BCUT2D eigenvalue weighted by atomic mass is 19.4. The van der Waals surface area contributed by atoms with Gasteiger partial charge in [0, 0.05) is 25.4 Å². The SMILES string of the molecule is CC1C=CC(NC(=O)C2CCN(C(=O)OC(C)(C)C)CC2)=C(Oc2ccc(C(F)(F)F)cc2)C1. The molecule has 1 aromatic carbocycles. The van der Waals surface area contributed by atoms with E-state index in [0.29, 0.717) is 43.8 Å². The van der Waals surface area contributed by atoms with Crippen molar-refractivity contribution in [1.29, 1.82) is 0 Å². The molecule has 2 amide bonds. The number of piperidine rings is 1. The Balaban J connectivity index is 1.63. The summed E-state index contributed by atoms with van der Waals surface area (Å²) in [4.78, 5) is 26.8. The number of nitrogens with zero attached hydrogens (tertiary/aromatic N) is 1. The van der Waals surface area contributed by atoms with Crippen LogP contribution in [0.25, 0.3) is 0 Å². The summed E-state index contributed by atoms with van der Waals surface area (Å²) in [7, 11) is 0. The number of nitrogens with one attached hydrogen (secondary N) is 1. The highest BCUT2D eigenvalue weighted by Crippen LogP contribution is 2.32. The fraction of sp³-hybridized carbons (Fsp3) is 0.520. The van der Waals surface area contributed by atoms with Crippen molar-refractivity contribution in [1.82, 2.24) is 10.2 Å². The van der Waals surface area contributed by atoms with Crippen LogP contribution in [0.4, 0.5) is 18.0 Å². The van der Waals surface area contributed by atoms with Gasteiger partial charge in [0.1, 0.15) is 17.1 Å². The molecule has 1 aliphatic heterocycles. The van der Waals surface area contributed by atoms with Gasteiger partial charge < -0.3 is 19.7 Å². The molecule has 0 saturated carbocycles. The van der Waals surface area contributed by atoms with Gasteiger partial charge >= 0.3 is 12.3 Å². The van der Waals surface area contributed by atoms with E-state index >= 15 is 0 Å². The lowest BCUT2D eigenvalue weighted by atomic mass is 9.95. The van der Waals surface area contributed by atoms with Crippen LogP contribution in [0.1, 0.15) is 52.5 Å². The third-order valence-corrected chi connectivity index (χ3v) is 5.60. The lowest BCUT2D eigenvalue weighted by Gasteiger charge is -2.33. The number of ether oxygens (including phenoxy) is 2. The van der Waals surface area contributed by atoms with Gasteiger partial charge in [-0.25, -0.2) is 4.79 Å². The summed E-state index contributed by atoms with van der Waals surface area (Å²) in [5.41, 5.74) is -0.833. The van der Waals surface area contributed by atoms with Crippen molar-refractivity contribution in [3.05, 3.63) is 53.4 Å². The summed E-state index contributed by atoms with van der Waals surface area (Å²) < 4.78 is 49.7. The molecule has 1 N–H and O–H groups in total. The number of likely N-dealkylation sites (tertiary alicyclic amines) is 1. The number of hydrogen-bond donors (Lipinski definition) is 1. The number of carbonyl (C=O) groups excluding carboxylic acids is 2. The molecule has 1 fully saturated rings. The number of halogens is 3. The molecule has 0 spiro atoms. The van der Waals surface area contributed by atoms with Crippen molar-refractivity contribution < 1.29 is 32.2 Å². The molecule has 1 aliphatic carbocycles. The first-order valence-electron chi connectivity index (χ1n) is 11.4. The molecule has 9 heteroatoms. The monoisotopic (exact) mass is 480 g/mol. The van der Waals surface area contributed by atoms with E-state index in [1.807, 2.05) is 33.8 Å². The van der Waals surface area contributed by atoms with Gasteiger partial charge in [0.2, 0.25) is 5.91 Å². The van der Waals surface area contributed by atoms with Gasteiger partial charge in [0.25, 0.3) is 0 Å². The minimum Gasteiger partial charge on any atom is -0.460 e. The Kier molecular flexibility index (Phi) is 7.63. The zero-order valence-electron chi connectivity index (χ0n) is 19.9. The molecule has 186 valence electrons. The number of hydrogen-bond acceptors (Lipinski definition) is 4. The van der Waals surface area contributed by atoms with Crippen molar-refractivity contribution in [2.75, 3.05) is 13.1 Å². The van der Waals surface area contributed by atoms with Crippen LogP contribution < -0.4 is 10.1 Å². The minimum absolute atomic E-state index is 0.155. The summed E-state index contributed by atoms with van der Waals surface area (Å²) >= 11 is 0. The van der Waals surface area contributed by atoms with Gasteiger partial charge in [0.05, 0.1) is 11.3 Å². The molecule has 0 radical (unpaired) electrons. The standard InChI is InChI=1S/C25H31F3N2O4/c1-16-5-10-20(21(15-16)33-19-8-6-18(7-9-19)25(26,27)28)29-22(31)17-11-13-30(14-12-17)23(32)34-24(2,3)4/h5-10,16-17H,11-15H2,1-4H3,(H,29,31). The van der Waals surface area contributed by atoms with E-state index in [0.717, 1.165) is 12.1 Å². The zero-order chi connectivity index (χ0) is 25.1. The Morgan fingerprint density at radius 3 is 2.24 bits per heavy atom. The second kappa shape index (κ2) is 10.1. The number of carbonyl (C=O) groups is 2. The first-order valence-corrected chi connectivity index (χ1v) is 11.4. The van der Waals surface area contributed by atoms with Crippen molar-refractivity contribution in [3.8, 4) is 5.75 Å². The van der Waals surface area contributed by atoms with Crippen LogP contribution in [0.15, 0.2) is 47.9 Å². The number of amides is 2. The van der Waals surface area contributed by atoms with Crippen molar-refractivity contribution in [3.63, 3.8) is 0 Å². The molecule has 2 aliphatic rings. The molecular weight excluding hydrogens is 449 g/mol. The Labute approximate surface area is 197 Å². The number of rotatable bonds is 4. The molecule has 1 aromatic rings. The minimum atomic E-state index is -4.42. The number of allylic oxidation sites excluding steroid dienone is 3. The highest BCUT2D eigenvalue weighted by Gasteiger charge is 2.32. The summed E-state index contributed by atoms with van der Waals surface area (Å²) in [5, 5.41) is 2.91. The second-order valence-corrected chi connectivity index (χ2v) is 9.73. The summed E-state index contributed by atoms with van der Waals surface area (Å²) in [6.45, 7) is 8.25. The largest absolute Gasteiger partial charge is 0.460 e. The Bertz CT molecular complexity index is 954. The Morgan fingerprint density at radius 1 is 1.06 bits per heavy atom. The highest BCUT2D eigenvalue weighted by molar-refractivity contribution is 5.81. The van der Waals surface area contributed by atoms with Gasteiger partial charge in [-0.05, 0) is 69.9 Å². The van der Waals surface area contributed by atoms with Crippen molar-refractivity contribution in [2.24, 2.45) is 11.8 Å². The molecule has 1 atom stereocenters. The lowest BCUT2D eigenvalue weighted by molar-refractivity contribution is -0.137. The predicted molar refractivity (Wildman–Crippen MR) is 121 cm³/mol. The fourth-order valence-electron chi connectivity index (χ4n) is 3.77. The van der Waals surface area contributed by atoms with E-state index in [2.05, 4.69) is 5.32 Å². The van der Waals surface area contributed by atoms with E-state index < -0.39 is 17.3 Å². The van der Waals surface area contributed by atoms with E-state index in [1.54, 1.807) is 11.0 Å². The summed E-state index contributed by atoms with van der Waals surface area (Å²) in [5.74, 6) is 0.470. The van der Waals surface area contributed by atoms with Crippen LogP contribution in [0, 0.1) is 11.8 Å². The molecule has 1 saturated heterocycles. The molecule has 6 nitrogen and oxygen atoms in total. The second-order valence-electron chi connectivity index (χ2n) is 9.73. The van der Waals surface area contributed by atoms with Crippen LogP contribution in [0.2, 0.25) is 0 Å². The van der Waals surface area contributed by atoms with Crippen LogP contribution >= 0.6 is 0 Å². The van der Waals surface area contributed by atoms with Crippen LogP contribution in [0.3, 0.4) is 0 Å². The third kappa shape index (κ3) is 7.01. The number of alkyl halides is 3. The van der Waals surface area contributed by atoms with Crippen LogP contribution in [0.5, 0.6) is 5.75 Å².